The molecule has 0 spiro atoms. The summed E-state index contributed by atoms with van der Waals surface area (Å²) in [6.07, 6.45) is 1.37. The average Bonchev–Trinajstić information content (AvgIpc) is 2.99. The van der Waals surface area contributed by atoms with Gasteiger partial charge < -0.3 is 0 Å². The number of para-hydroxylation sites is 1. The number of anilines is 1. The molecule has 0 bridgehead atoms. The van der Waals surface area contributed by atoms with Crippen molar-refractivity contribution in [1.29, 1.82) is 0 Å². The van der Waals surface area contributed by atoms with Crippen molar-refractivity contribution >= 4 is 33.8 Å². The van der Waals surface area contributed by atoms with Gasteiger partial charge in [0.25, 0.3) is 17.4 Å². The Labute approximate surface area is 128 Å². The number of imide groups is 1. The van der Waals surface area contributed by atoms with E-state index < -0.39 is 11.8 Å². The molecule has 0 radical (unpaired) electrons. The lowest BCUT2D eigenvalue weighted by atomic mass is 10.2. The largest absolute Gasteiger partial charge is 0.284 e. The molecule has 0 N–H and O–H groups in total. The Balaban J connectivity index is 1.99. The fourth-order valence-electron chi connectivity index (χ4n) is 2.58. The number of nitrogens with zero attached hydrogens (tertiary/aromatic N) is 3. The maximum absolute atomic E-state index is 12.7. The van der Waals surface area contributed by atoms with Crippen LogP contribution in [0.4, 0.5) is 5.69 Å². The minimum atomic E-state index is -0.490. The van der Waals surface area contributed by atoms with E-state index in [0.29, 0.717) is 10.6 Å². The van der Waals surface area contributed by atoms with Gasteiger partial charge in [-0.15, -0.1) is 0 Å². The molecule has 2 amide bonds. The third-order valence-electron chi connectivity index (χ3n) is 3.61. The molecule has 1 aromatic carbocycles. The van der Waals surface area contributed by atoms with Gasteiger partial charge in [-0.05, 0) is 18.6 Å². The maximum Gasteiger partial charge on any atom is 0.284 e. The number of amides is 2. The van der Waals surface area contributed by atoms with Crippen LogP contribution in [0.25, 0.3) is 4.96 Å². The zero-order valence-corrected chi connectivity index (χ0v) is 12.3. The molecule has 0 saturated carbocycles. The first-order valence-electron chi connectivity index (χ1n) is 6.54. The summed E-state index contributed by atoms with van der Waals surface area (Å²) in [5, 5.41) is 0. The number of benzene rings is 1. The van der Waals surface area contributed by atoms with E-state index in [1.54, 1.807) is 12.1 Å². The number of thiazole rings is 1. The van der Waals surface area contributed by atoms with Crippen molar-refractivity contribution in [2.24, 2.45) is 0 Å². The molecule has 0 fully saturated rings. The van der Waals surface area contributed by atoms with Crippen LogP contribution in [0, 0.1) is 6.92 Å². The summed E-state index contributed by atoms with van der Waals surface area (Å²) in [6, 6.07) is 8.41. The third-order valence-corrected chi connectivity index (χ3v) is 4.65. The van der Waals surface area contributed by atoms with Crippen LogP contribution >= 0.6 is 11.3 Å². The van der Waals surface area contributed by atoms with Gasteiger partial charge in [0.15, 0.2) is 4.96 Å². The molecular formula is C15H9N3O3S. The van der Waals surface area contributed by atoms with Crippen molar-refractivity contribution in [2.45, 2.75) is 6.92 Å². The van der Waals surface area contributed by atoms with E-state index in [4.69, 9.17) is 0 Å². The van der Waals surface area contributed by atoms with Crippen molar-refractivity contribution < 1.29 is 9.59 Å². The number of hydrogen-bond acceptors (Lipinski definition) is 5. The van der Waals surface area contributed by atoms with Crippen molar-refractivity contribution in [2.75, 3.05) is 4.90 Å². The van der Waals surface area contributed by atoms with Crippen LogP contribution in [-0.2, 0) is 0 Å². The first kappa shape index (κ1) is 12.9. The Morgan fingerprint density at radius 1 is 1.05 bits per heavy atom. The smallest absolute Gasteiger partial charge is 0.269 e. The molecule has 2 aromatic heterocycles. The highest BCUT2D eigenvalue weighted by atomic mass is 32.1. The van der Waals surface area contributed by atoms with Crippen LogP contribution in [0.3, 0.4) is 0 Å². The monoisotopic (exact) mass is 311 g/mol. The van der Waals surface area contributed by atoms with Crippen molar-refractivity contribution in [1.82, 2.24) is 9.38 Å². The van der Waals surface area contributed by atoms with E-state index in [2.05, 4.69) is 4.98 Å². The Hall–Kier alpha value is -2.80. The molecule has 4 rings (SSSR count). The summed E-state index contributed by atoms with van der Waals surface area (Å²) in [4.78, 5) is 43.1. The SMILES string of the molecule is Cc1ccccc1N1C(=O)c2sc3nccc(=O)n3c2C1=O. The van der Waals surface area contributed by atoms with Crippen LogP contribution in [0.5, 0.6) is 0 Å². The normalized spacial score (nSPS) is 14.0. The highest BCUT2D eigenvalue weighted by molar-refractivity contribution is 7.19. The van der Waals surface area contributed by atoms with E-state index in [1.165, 1.54) is 16.7 Å². The third kappa shape index (κ3) is 1.54. The summed E-state index contributed by atoms with van der Waals surface area (Å²) >= 11 is 1.06. The van der Waals surface area contributed by atoms with Crippen LogP contribution in [0.2, 0.25) is 0 Å². The topological polar surface area (TPSA) is 71.8 Å². The van der Waals surface area contributed by atoms with Crippen LogP contribution < -0.4 is 10.5 Å². The van der Waals surface area contributed by atoms with Gasteiger partial charge in [-0.3, -0.25) is 14.4 Å². The lowest BCUT2D eigenvalue weighted by Crippen LogP contribution is -2.31. The number of carbonyl (C=O) groups excluding carboxylic acids is 2. The first-order chi connectivity index (χ1) is 10.6. The van der Waals surface area contributed by atoms with Crippen LogP contribution in [-0.4, -0.2) is 21.2 Å². The second-order valence-electron chi connectivity index (χ2n) is 4.91. The zero-order chi connectivity index (χ0) is 15.4. The standard InChI is InChI=1S/C15H9N3O3S/c1-8-4-2-3-5-9(8)17-13(20)11-12(14(17)21)22-15-16-7-6-10(19)18(11)15/h2-7H,1H3. The molecular weight excluding hydrogens is 302 g/mol. The van der Waals surface area contributed by atoms with Crippen LogP contribution in [0.15, 0.2) is 41.3 Å². The molecule has 3 aromatic rings. The van der Waals surface area contributed by atoms with Gasteiger partial charge in [0.2, 0.25) is 0 Å². The Morgan fingerprint density at radius 3 is 2.59 bits per heavy atom. The number of rotatable bonds is 1. The lowest BCUT2D eigenvalue weighted by molar-refractivity contribution is 0.0924. The summed E-state index contributed by atoms with van der Waals surface area (Å²) in [7, 11) is 0. The molecule has 1 aliphatic heterocycles. The van der Waals surface area contributed by atoms with Gasteiger partial charge >= 0.3 is 0 Å². The van der Waals surface area contributed by atoms with Gasteiger partial charge in [0.1, 0.15) is 10.6 Å². The molecule has 0 aliphatic carbocycles. The van der Waals surface area contributed by atoms with Gasteiger partial charge in [-0.25, -0.2) is 14.3 Å². The maximum atomic E-state index is 12.7. The predicted octanol–water partition coefficient (Wildman–Crippen LogP) is 1.87. The summed E-state index contributed by atoms with van der Waals surface area (Å²) in [6.45, 7) is 1.83. The molecule has 6 nitrogen and oxygen atoms in total. The lowest BCUT2D eigenvalue weighted by Gasteiger charge is -2.16. The van der Waals surface area contributed by atoms with Gasteiger partial charge in [0, 0.05) is 12.3 Å². The van der Waals surface area contributed by atoms with Gasteiger partial charge in [-0.2, -0.15) is 0 Å². The Kier molecular flexibility index (Phi) is 2.55. The van der Waals surface area contributed by atoms with Crippen molar-refractivity contribution in [3.8, 4) is 0 Å². The van der Waals surface area contributed by atoms with E-state index in [9.17, 15) is 14.4 Å². The minimum Gasteiger partial charge on any atom is -0.269 e. The molecule has 0 unspecified atom stereocenters. The van der Waals surface area contributed by atoms with Crippen molar-refractivity contribution in [3.05, 3.63) is 63.0 Å². The highest BCUT2D eigenvalue weighted by Crippen LogP contribution is 2.34. The molecule has 7 heteroatoms. The first-order valence-corrected chi connectivity index (χ1v) is 7.36. The van der Waals surface area contributed by atoms with Crippen LogP contribution in [0.1, 0.15) is 25.7 Å². The van der Waals surface area contributed by atoms with E-state index in [-0.39, 0.29) is 16.1 Å². The summed E-state index contributed by atoms with van der Waals surface area (Å²) < 4.78 is 1.21. The number of carbonyl (C=O) groups is 2. The average molecular weight is 311 g/mol. The fraction of sp³-hybridized carbons (Fsp3) is 0.0667. The minimum absolute atomic E-state index is 0.103. The Morgan fingerprint density at radius 2 is 1.82 bits per heavy atom. The number of hydrogen-bond donors (Lipinski definition) is 0. The van der Waals surface area contributed by atoms with E-state index in [0.717, 1.165) is 21.8 Å². The number of aromatic nitrogens is 2. The van der Waals surface area contributed by atoms with Crippen molar-refractivity contribution in [3.63, 3.8) is 0 Å². The molecule has 22 heavy (non-hydrogen) atoms. The second kappa shape index (κ2) is 4.35. The summed E-state index contributed by atoms with van der Waals surface area (Å²) in [5.74, 6) is -0.903. The molecule has 3 heterocycles. The summed E-state index contributed by atoms with van der Waals surface area (Å²) in [5.41, 5.74) is 1.08. The highest BCUT2D eigenvalue weighted by Gasteiger charge is 2.41. The number of fused-ring (bicyclic) bond motifs is 3. The van der Waals surface area contributed by atoms with Gasteiger partial charge in [0.05, 0.1) is 5.69 Å². The Bertz CT molecular complexity index is 1020. The van der Waals surface area contributed by atoms with E-state index >= 15 is 0 Å². The van der Waals surface area contributed by atoms with E-state index in [1.807, 2.05) is 19.1 Å². The molecule has 1 aliphatic rings. The predicted molar refractivity (Wildman–Crippen MR) is 81.7 cm³/mol. The molecule has 0 atom stereocenters. The zero-order valence-electron chi connectivity index (χ0n) is 11.4. The van der Waals surface area contributed by atoms with Gasteiger partial charge in [-0.1, -0.05) is 29.5 Å². The fourth-order valence-corrected chi connectivity index (χ4v) is 3.60. The second-order valence-corrected chi connectivity index (χ2v) is 5.89. The quantitative estimate of drug-likeness (QED) is 0.643. The molecule has 0 saturated heterocycles. The molecule has 108 valence electrons. The number of aryl methyl sites for hydroxylation is 1.